The Morgan fingerprint density at radius 2 is 1.83 bits per heavy atom. The predicted octanol–water partition coefficient (Wildman–Crippen LogP) is 3.95. The third-order valence-corrected chi connectivity index (χ3v) is 7.92. The molecule has 2 saturated carbocycles. The van der Waals surface area contributed by atoms with Gasteiger partial charge in [-0.2, -0.15) is 0 Å². The molecular weight excluding hydrogens is 458 g/mol. The minimum atomic E-state index is -0.226. The van der Waals surface area contributed by atoms with Crippen molar-refractivity contribution in [2.45, 2.75) is 70.9 Å². The summed E-state index contributed by atoms with van der Waals surface area (Å²) in [6.07, 6.45) is 6.58. The highest BCUT2D eigenvalue weighted by Gasteiger charge is 2.33. The molecule has 4 rings (SSSR count). The number of hydrogen-bond acceptors (Lipinski definition) is 5. The Kier molecular flexibility index (Phi) is 8.54. The van der Waals surface area contributed by atoms with Crippen LogP contribution in [0.15, 0.2) is 18.2 Å². The van der Waals surface area contributed by atoms with Crippen LogP contribution in [0.25, 0.3) is 0 Å². The summed E-state index contributed by atoms with van der Waals surface area (Å²) in [7, 11) is 3.40. The molecule has 3 aliphatic rings. The van der Waals surface area contributed by atoms with E-state index in [2.05, 4.69) is 12.2 Å². The van der Waals surface area contributed by atoms with Gasteiger partial charge in [0.2, 0.25) is 11.8 Å². The lowest BCUT2D eigenvalue weighted by molar-refractivity contribution is -0.135. The number of likely N-dealkylation sites (N-methyl/N-ethyl adjacent to an activating group) is 1. The molecule has 198 valence electrons. The average Bonchev–Trinajstić information content (AvgIpc) is 3.50. The zero-order valence-corrected chi connectivity index (χ0v) is 22.1. The molecule has 2 aliphatic carbocycles. The van der Waals surface area contributed by atoms with E-state index in [0.29, 0.717) is 42.4 Å². The Bertz CT molecular complexity index is 957. The molecule has 1 N–H and O–H groups in total. The van der Waals surface area contributed by atoms with E-state index in [1.807, 2.05) is 11.8 Å². The predicted molar refractivity (Wildman–Crippen MR) is 138 cm³/mol. The average molecular weight is 500 g/mol. The van der Waals surface area contributed by atoms with Gasteiger partial charge in [0.1, 0.15) is 12.4 Å². The molecule has 1 aliphatic heterocycles. The van der Waals surface area contributed by atoms with Crippen LogP contribution in [0.1, 0.15) is 69.2 Å². The molecule has 3 amide bonds. The maximum atomic E-state index is 13.5. The number of methoxy groups -OCH3 is 1. The molecule has 1 aromatic rings. The molecule has 0 unspecified atom stereocenters. The first-order valence-electron chi connectivity index (χ1n) is 13.4. The molecule has 8 nitrogen and oxygen atoms in total. The number of nitrogens with one attached hydrogen (secondary N) is 1. The zero-order chi connectivity index (χ0) is 25.8. The van der Waals surface area contributed by atoms with Gasteiger partial charge in [-0.15, -0.1) is 0 Å². The van der Waals surface area contributed by atoms with Crippen molar-refractivity contribution in [1.82, 2.24) is 9.80 Å². The lowest BCUT2D eigenvalue weighted by Gasteiger charge is -2.36. The van der Waals surface area contributed by atoms with Gasteiger partial charge in [-0.05, 0) is 56.7 Å². The quantitative estimate of drug-likeness (QED) is 0.663. The third-order valence-electron chi connectivity index (χ3n) is 7.92. The second kappa shape index (κ2) is 11.6. The van der Waals surface area contributed by atoms with Crippen LogP contribution in [0.5, 0.6) is 5.75 Å². The molecule has 0 spiro atoms. The van der Waals surface area contributed by atoms with E-state index in [0.717, 1.165) is 38.5 Å². The van der Waals surface area contributed by atoms with Crippen molar-refractivity contribution in [3.63, 3.8) is 0 Å². The Labute approximate surface area is 214 Å². The Morgan fingerprint density at radius 3 is 2.50 bits per heavy atom. The molecule has 0 bridgehead atoms. The van der Waals surface area contributed by atoms with Gasteiger partial charge >= 0.3 is 0 Å². The standard InChI is InChI=1S/C28H41N3O5/c1-18-15-31(26(32)13-20-9-10-20)19(2)17-36-24-12-11-22(29-27(33)21-7-5-6-8-21)14-23(24)28(34)30(3)16-25(18)35-4/h11-12,14,18-21,25H,5-10,13,15-17H2,1-4H3,(H,29,33)/t18-,19-,25+/m0/s1. The van der Waals surface area contributed by atoms with Crippen molar-refractivity contribution in [2.75, 3.05) is 39.2 Å². The highest BCUT2D eigenvalue weighted by molar-refractivity contribution is 5.99. The van der Waals surface area contributed by atoms with Crippen LogP contribution in [0.4, 0.5) is 5.69 Å². The summed E-state index contributed by atoms with van der Waals surface area (Å²) in [5.41, 5.74) is 0.988. The molecule has 0 aromatic heterocycles. The summed E-state index contributed by atoms with van der Waals surface area (Å²) in [5, 5.41) is 2.99. The van der Waals surface area contributed by atoms with Crippen LogP contribution in [-0.4, -0.2) is 73.5 Å². The van der Waals surface area contributed by atoms with E-state index in [-0.39, 0.29) is 48.3 Å². The van der Waals surface area contributed by atoms with Crippen LogP contribution in [0, 0.1) is 17.8 Å². The summed E-state index contributed by atoms with van der Waals surface area (Å²) in [6, 6.07) is 5.08. The first-order chi connectivity index (χ1) is 17.3. The highest BCUT2D eigenvalue weighted by Crippen LogP contribution is 2.34. The number of nitrogens with zero attached hydrogens (tertiary/aromatic N) is 2. The van der Waals surface area contributed by atoms with Crippen molar-refractivity contribution < 1.29 is 23.9 Å². The molecule has 8 heteroatoms. The van der Waals surface area contributed by atoms with Crippen LogP contribution in [0.3, 0.4) is 0 Å². The number of ether oxygens (including phenoxy) is 2. The topological polar surface area (TPSA) is 88.2 Å². The van der Waals surface area contributed by atoms with Crippen LogP contribution in [0.2, 0.25) is 0 Å². The maximum absolute atomic E-state index is 13.5. The van der Waals surface area contributed by atoms with Gasteiger partial charge in [0.15, 0.2) is 0 Å². The summed E-state index contributed by atoms with van der Waals surface area (Å²) in [5.74, 6) is 0.996. The second-order valence-corrected chi connectivity index (χ2v) is 11.0. The minimum Gasteiger partial charge on any atom is -0.491 e. The lowest BCUT2D eigenvalue weighted by Crippen LogP contribution is -2.48. The van der Waals surface area contributed by atoms with Gasteiger partial charge in [0.25, 0.3) is 5.91 Å². The van der Waals surface area contributed by atoms with Crippen LogP contribution < -0.4 is 10.1 Å². The SMILES string of the molecule is CO[C@@H]1CN(C)C(=O)c2cc(NC(=O)C3CCCC3)ccc2OC[C@H](C)N(C(=O)CC2CC2)C[C@@H]1C. The fraction of sp³-hybridized carbons (Fsp3) is 0.679. The minimum absolute atomic E-state index is 0.00837. The summed E-state index contributed by atoms with van der Waals surface area (Å²) in [6.45, 7) is 5.27. The van der Waals surface area contributed by atoms with Crippen molar-refractivity contribution >= 4 is 23.4 Å². The number of carbonyl (C=O) groups excluding carboxylic acids is 3. The highest BCUT2D eigenvalue weighted by atomic mass is 16.5. The van der Waals surface area contributed by atoms with Crippen LogP contribution in [-0.2, 0) is 14.3 Å². The molecule has 0 saturated heterocycles. The van der Waals surface area contributed by atoms with Crippen molar-refractivity contribution in [3.05, 3.63) is 23.8 Å². The number of amides is 3. The largest absolute Gasteiger partial charge is 0.491 e. The van der Waals surface area contributed by atoms with Gasteiger partial charge in [-0.3, -0.25) is 14.4 Å². The van der Waals surface area contributed by atoms with Gasteiger partial charge in [-0.1, -0.05) is 19.8 Å². The van der Waals surface area contributed by atoms with Crippen molar-refractivity contribution in [1.29, 1.82) is 0 Å². The van der Waals surface area contributed by atoms with Crippen molar-refractivity contribution in [3.8, 4) is 5.75 Å². The summed E-state index contributed by atoms with van der Waals surface area (Å²) in [4.78, 5) is 42.9. The first kappa shape index (κ1) is 26.5. The Balaban J connectivity index is 1.59. The van der Waals surface area contributed by atoms with Crippen molar-refractivity contribution in [2.24, 2.45) is 17.8 Å². The fourth-order valence-corrected chi connectivity index (χ4v) is 5.32. The Hall–Kier alpha value is -2.61. The summed E-state index contributed by atoms with van der Waals surface area (Å²) >= 11 is 0. The van der Waals surface area contributed by atoms with Gasteiger partial charge in [0, 0.05) is 51.2 Å². The van der Waals surface area contributed by atoms with E-state index in [9.17, 15) is 14.4 Å². The van der Waals surface area contributed by atoms with E-state index >= 15 is 0 Å². The molecule has 1 heterocycles. The smallest absolute Gasteiger partial charge is 0.257 e. The monoisotopic (exact) mass is 499 g/mol. The molecule has 1 aromatic carbocycles. The first-order valence-corrected chi connectivity index (χ1v) is 13.4. The number of benzene rings is 1. The Morgan fingerprint density at radius 1 is 1.11 bits per heavy atom. The lowest BCUT2D eigenvalue weighted by atomic mass is 10.0. The molecule has 3 atom stereocenters. The fourth-order valence-electron chi connectivity index (χ4n) is 5.32. The van der Waals surface area contributed by atoms with E-state index in [1.165, 1.54) is 0 Å². The second-order valence-electron chi connectivity index (χ2n) is 11.0. The number of hydrogen-bond donors (Lipinski definition) is 1. The van der Waals surface area contributed by atoms with Gasteiger partial charge < -0.3 is 24.6 Å². The zero-order valence-electron chi connectivity index (χ0n) is 22.1. The number of anilines is 1. The molecular formula is C28H41N3O5. The van der Waals surface area contributed by atoms with Gasteiger partial charge in [-0.25, -0.2) is 0 Å². The normalized spacial score (nSPS) is 26.0. The maximum Gasteiger partial charge on any atom is 0.257 e. The molecule has 36 heavy (non-hydrogen) atoms. The van der Waals surface area contributed by atoms with E-state index < -0.39 is 0 Å². The molecule has 0 radical (unpaired) electrons. The van der Waals surface area contributed by atoms with E-state index in [4.69, 9.17) is 9.47 Å². The molecule has 2 fully saturated rings. The number of fused-ring (bicyclic) bond motifs is 1. The summed E-state index contributed by atoms with van der Waals surface area (Å²) < 4.78 is 11.9. The van der Waals surface area contributed by atoms with Crippen LogP contribution >= 0.6 is 0 Å². The number of carbonyl (C=O) groups is 3. The number of rotatable bonds is 5. The third kappa shape index (κ3) is 6.38. The van der Waals surface area contributed by atoms with E-state index in [1.54, 1.807) is 37.3 Å². The van der Waals surface area contributed by atoms with Gasteiger partial charge in [0.05, 0.1) is 17.7 Å².